The van der Waals surface area contributed by atoms with Gasteiger partial charge in [-0.25, -0.2) is 4.39 Å². The Morgan fingerprint density at radius 1 is 1.17 bits per heavy atom. The maximum atomic E-state index is 13.2. The molecule has 1 atom stereocenters. The summed E-state index contributed by atoms with van der Waals surface area (Å²) in [7, 11) is 0. The van der Waals surface area contributed by atoms with Crippen molar-refractivity contribution < 1.29 is 19.1 Å². The predicted molar refractivity (Wildman–Crippen MR) is 114 cm³/mol. The molecule has 1 amide bonds. The summed E-state index contributed by atoms with van der Waals surface area (Å²) in [5.41, 5.74) is 0.919. The highest BCUT2D eigenvalue weighted by Gasteiger charge is 2.28. The van der Waals surface area contributed by atoms with Crippen molar-refractivity contribution in [3.63, 3.8) is 0 Å². The maximum absolute atomic E-state index is 13.2. The van der Waals surface area contributed by atoms with Crippen LogP contribution in [-0.2, 0) is 9.59 Å². The molecule has 164 valence electrons. The van der Waals surface area contributed by atoms with Crippen LogP contribution in [0.25, 0.3) is 0 Å². The quantitative estimate of drug-likeness (QED) is 0.653. The number of benzene rings is 1. The first-order chi connectivity index (χ1) is 13.3. The lowest BCUT2D eigenvalue weighted by molar-refractivity contribution is -0.139. The molecule has 0 aromatic heterocycles. The fraction of sp³-hybridized carbons (Fsp3) is 0.619. The summed E-state index contributed by atoms with van der Waals surface area (Å²) < 4.78 is 13.2. The molecule has 0 aliphatic carbocycles. The molecule has 1 aliphatic heterocycles. The molecule has 6 nitrogen and oxygen atoms in total. The lowest BCUT2D eigenvalue weighted by atomic mass is 10.0. The number of nitrogens with zero attached hydrogens (tertiary/aromatic N) is 3. The monoisotopic (exact) mass is 429 g/mol. The third-order valence-electron chi connectivity index (χ3n) is 5.66. The smallest absolute Gasteiger partial charge is 0.317 e. The lowest BCUT2D eigenvalue weighted by Gasteiger charge is -2.38. The van der Waals surface area contributed by atoms with Gasteiger partial charge in [0.15, 0.2) is 0 Å². The average Bonchev–Trinajstić information content (AvgIpc) is 2.67. The molecule has 1 saturated heterocycles. The largest absolute Gasteiger partial charge is 0.480 e. The Morgan fingerprint density at radius 3 is 2.24 bits per heavy atom. The number of carboxylic acids is 1. The fourth-order valence-corrected chi connectivity index (χ4v) is 3.98. The van der Waals surface area contributed by atoms with Gasteiger partial charge < -0.3 is 10.0 Å². The van der Waals surface area contributed by atoms with Gasteiger partial charge in [-0.3, -0.25) is 19.4 Å². The summed E-state index contributed by atoms with van der Waals surface area (Å²) >= 11 is 0. The summed E-state index contributed by atoms with van der Waals surface area (Å²) in [5.74, 6) is -1.01. The summed E-state index contributed by atoms with van der Waals surface area (Å²) in [6.45, 7) is 9.21. The molecule has 1 aliphatic rings. The van der Waals surface area contributed by atoms with Crippen molar-refractivity contribution in [3.8, 4) is 0 Å². The van der Waals surface area contributed by atoms with E-state index in [0.717, 1.165) is 31.5 Å². The summed E-state index contributed by atoms with van der Waals surface area (Å²) in [4.78, 5) is 29.8. The molecule has 1 aromatic rings. The fourth-order valence-electron chi connectivity index (χ4n) is 3.98. The number of carbonyl (C=O) groups excluding carboxylic acids is 1. The van der Waals surface area contributed by atoms with Gasteiger partial charge >= 0.3 is 5.97 Å². The minimum Gasteiger partial charge on any atom is -0.480 e. The Kier molecular flexibility index (Phi) is 10.6. The van der Waals surface area contributed by atoms with Gasteiger partial charge in [-0.1, -0.05) is 19.1 Å². The Bertz CT molecular complexity index is 651. The van der Waals surface area contributed by atoms with Crippen molar-refractivity contribution in [2.24, 2.45) is 0 Å². The molecular formula is C21H33ClFN3O3. The van der Waals surface area contributed by atoms with Gasteiger partial charge in [0, 0.05) is 25.7 Å². The Balaban J connectivity index is 0.00000420. The van der Waals surface area contributed by atoms with Crippen molar-refractivity contribution in [3.05, 3.63) is 35.6 Å². The summed E-state index contributed by atoms with van der Waals surface area (Å²) in [6.07, 6.45) is 1.74. The van der Waals surface area contributed by atoms with Gasteiger partial charge in [0.1, 0.15) is 5.82 Å². The number of carboxylic acid groups (broad SMARTS) is 1. The molecule has 1 aromatic carbocycles. The zero-order valence-corrected chi connectivity index (χ0v) is 18.3. The van der Waals surface area contributed by atoms with E-state index in [1.54, 1.807) is 12.1 Å². The number of amides is 1. The average molecular weight is 430 g/mol. The van der Waals surface area contributed by atoms with Crippen molar-refractivity contribution in [1.82, 2.24) is 14.7 Å². The van der Waals surface area contributed by atoms with E-state index in [9.17, 15) is 14.0 Å². The van der Waals surface area contributed by atoms with Crippen molar-refractivity contribution >= 4 is 24.3 Å². The van der Waals surface area contributed by atoms with E-state index in [1.165, 1.54) is 12.1 Å². The van der Waals surface area contributed by atoms with E-state index in [0.29, 0.717) is 19.6 Å². The summed E-state index contributed by atoms with van der Waals surface area (Å²) in [6, 6.07) is 6.44. The van der Waals surface area contributed by atoms with E-state index in [4.69, 9.17) is 5.11 Å². The van der Waals surface area contributed by atoms with Crippen LogP contribution in [0.1, 0.15) is 45.2 Å². The molecule has 8 heteroatoms. The number of hydrogen-bond donors (Lipinski definition) is 1. The highest BCUT2D eigenvalue weighted by atomic mass is 35.5. The van der Waals surface area contributed by atoms with Crippen LogP contribution in [0.4, 0.5) is 4.39 Å². The second-order valence-corrected chi connectivity index (χ2v) is 7.37. The van der Waals surface area contributed by atoms with Crippen LogP contribution in [0.3, 0.4) is 0 Å². The third kappa shape index (κ3) is 7.24. The molecule has 1 N–H and O–H groups in total. The number of carbonyl (C=O) groups is 2. The number of halogens is 2. The Morgan fingerprint density at radius 2 is 1.76 bits per heavy atom. The molecule has 0 bridgehead atoms. The van der Waals surface area contributed by atoms with Crippen LogP contribution < -0.4 is 0 Å². The van der Waals surface area contributed by atoms with Crippen molar-refractivity contribution in [1.29, 1.82) is 0 Å². The number of aliphatic carboxylic acids is 1. The topological polar surface area (TPSA) is 64.1 Å². The van der Waals surface area contributed by atoms with Gasteiger partial charge in [-0.05, 0) is 50.9 Å². The van der Waals surface area contributed by atoms with Gasteiger partial charge in [-0.15, -0.1) is 12.4 Å². The maximum Gasteiger partial charge on any atom is 0.317 e. The van der Waals surface area contributed by atoms with Crippen molar-refractivity contribution in [2.75, 3.05) is 39.3 Å². The highest BCUT2D eigenvalue weighted by Crippen LogP contribution is 2.22. The van der Waals surface area contributed by atoms with Gasteiger partial charge in [0.05, 0.1) is 19.1 Å². The van der Waals surface area contributed by atoms with E-state index >= 15 is 0 Å². The molecular weight excluding hydrogens is 397 g/mol. The van der Waals surface area contributed by atoms with Crippen LogP contribution in [0.2, 0.25) is 0 Å². The molecule has 1 heterocycles. The van der Waals surface area contributed by atoms with Crippen molar-refractivity contribution in [2.45, 2.75) is 45.7 Å². The van der Waals surface area contributed by atoms with Crippen LogP contribution in [0.15, 0.2) is 24.3 Å². The Labute approximate surface area is 179 Å². The molecule has 0 spiro atoms. The van der Waals surface area contributed by atoms with E-state index in [2.05, 4.69) is 4.90 Å². The van der Waals surface area contributed by atoms with Crippen LogP contribution >= 0.6 is 12.4 Å². The molecule has 0 radical (unpaired) electrons. The lowest BCUT2D eigenvalue weighted by Crippen LogP contribution is -2.49. The van der Waals surface area contributed by atoms with Crippen LogP contribution in [-0.4, -0.2) is 77.0 Å². The number of likely N-dealkylation sites (N-methyl/N-ethyl adjacent to an activating group) is 2. The van der Waals surface area contributed by atoms with Gasteiger partial charge in [0.25, 0.3) is 0 Å². The molecule has 0 saturated carbocycles. The predicted octanol–water partition coefficient (Wildman–Crippen LogP) is 3.03. The summed E-state index contributed by atoms with van der Waals surface area (Å²) in [5, 5.41) is 9.04. The minimum atomic E-state index is -0.798. The number of rotatable bonds is 9. The zero-order valence-electron chi connectivity index (χ0n) is 17.5. The normalized spacial score (nSPS) is 16.3. The van der Waals surface area contributed by atoms with Gasteiger partial charge in [0.2, 0.25) is 5.91 Å². The number of likely N-dealkylation sites (tertiary alicyclic amines) is 1. The van der Waals surface area contributed by atoms with Crippen LogP contribution in [0.5, 0.6) is 0 Å². The van der Waals surface area contributed by atoms with E-state index < -0.39 is 5.97 Å². The Hall–Kier alpha value is -1.70. The minimum absolute atomic E-state index is 0. The second-order valence-electron chi connectivity index (χ2n) is 7.37. The van der Waals surface area contributed by atoms with Gasteiger partial charge in [-0.2, -0.15) is 0 Å². The standard InChI is InChI=1S/C21H32FN3O3.ClH/c1-4-24(15-21(27)28)19-10-12-23(13-11-19)14-20(26)25(5-2)16(3)17-6-8-18(22)9-7-17;/h6-9,16,19H,4-5,10-15H2,1-3H3,(H,27,28);1H. The molecule has 1 fully saturated rings. The molecule has 1 unspecified atom stereocenters. The highest BCUT2D eigenvalue weighted by molar-refractivity contribution is 5.85. The third-order valence-corrected chi connectivity index (χ3v) is 5.66. The molecule has 2 rings (SSSR count). The number of piperidine rings is 1. The second kappa shape index (κ2) is 12.1. The van der Waals surface area contributed by atoms with E-state index in [-0.39, 0.29) is 42.8 Å². The first-order valence-corrected chi connectivity index (χ1v) is 10.1. The molecule has 29 heavy (non-hydrogen) atoms. The first-order valence-electron chi connectivity index (χ1n) is 10.1. The number of hydrogen-bond acceptors (Lipinski definition) is 4. The zero-order chi connectivity index (χ0) is 20.7. The van der Waals surface area contributed by atoms with Crippen LogP contribution in [0, 0.1) is 5.82 Å². The first kappa shape index (κ1) is 25.3. The van der Waals surface area contributed by atoms with E-state index in [1.807, 2.05) is 30.6 Å². The SMILES string of the molecule is CCN(CC(=O)O)C1CCN(CC(=O)N(CC)C(C)c2ccc(F)cc2)CC1.Cl.